The number of halogens is 1. The van der Waals surface area contributed by atoms with E-state index < -0.39 is 0 Å². The van der Waals surface area contributed by atoms with Crippen LogP contribution in [0.5, 0.6) is 0 Å². The van der Waals surface area contributed by atoms with Gasteiger partial charge in [0, 0.05) is 44.0 Å². The second kappa shape index (κ2) is 7.01. The van der Waals surface area contributed by atoms with Crippen molar-refractivity contribution >= 4 is 23.5 Å². The fraction of sp³-hybridized carbons (Fsp3) is 0.500. The summed E-state index contributed by atoms with van der Waals surface area (Å²) >= 11 is 5.90. The number of hydrogen-bond acceptors (Lipinski definition) is 2. The monoisotopic (exact) mass is 323 g/mol. The third-order valence-corrected chi connectivity index (χ3v) is 4.27. The van der Waals surface area contributed by atoms with Gasteiger partial charge in [-0.3, -0.25) is 4.79 Å². The lowest BCUT2D eigenvalue weighted by Crippen LogP contribution is -2.41. The van der Waals surface area contributed by atoms with E-state index in [4.69, 9.17) is 11.6 Å². The highest BCUT2D eigenvalue weighted by Crippen LogP contribution is 2.47. The van der Waals surface area contributed by atoms with Gasteiger partial charge in [0.1, 0.15) is 0 Å². The fourth-order valence-corrected chi connectivity index (χ4v) is 2.47. The average molecular weight is 324 g/mol. The van der Waals surface area contributed by atoms with E-state index >= 15 is 0 Å². The van der Waals surface area contributed by atoms with Gasteiger partial charge in [-0.2, -0.15) is 0 Å². The van der Waals surface area contributed by atoms with Gasteiger partial charge in [-0.15, -0.1) is 0 Å². The van der Waals surface area contributed by atoms with Gasteiger partial charge in [0.15, 0.2) is 0 Å². The van der Waals surface area contributed by atoms with Crippen LogP contribution >= 0.6 is 11.6 Å². The zero-order chi connectivity index (χ0) is 16.2. The van der Waals surface area contributed by atoms with Crippen molar-refractivity contribution in [1.82, 2.24) is 15.5 Å². The van der Waals surface area contributed by atoms with E-state index in [1.54, 1.807) is 14.1 Å². The van der Waals surface area contributed by atoms with Gasteiger partial charge < -0.3 is 15.5 Å². The summed E-state index contributed by atoms with van der Waals surface area (Å²) in [4.78, 5) is 24.7. The van der Waals surface area contributed by atoms with Crippen LogP contribution in [-0.2, 0) is 10.2 Å². The number of hydrogen-bond donors (Lipinski definition) is 2. The highest BCUT2D eigenvalue weighted by atomic mass is 35.5. The minimum absolute atomic E-state index is 0.000118. The molecule has 1 saturated carbocycles. The van der Waals surface area contributed by atoms with Crippen LogP contribution in [0.1, 0.15) is 24.8 Å². The van der Waals surface area contributed by atoms with E-state index in [9.17, 15) is 9.59 Å². The lowest BCUT2D eigenvalue weighted by Gasteiger charge is -2.17. The van der Waals surface area contributed by atoms with E-state index in [-0.39, 0.29) is 17.4 Å². The molecule has 0 aromatic heterocycles. The molecular weight excluding hydrogens is 302 g/mol. The van der Waals surface area contributed by atoms with Crippen LogP contribution < -0.4 is 10.6 Å². The van der Waals surface area contributed by atoms with E-state index in [0.29, 0.717) is 19.5 Å². The van der Waals surface area contributed by atoms with Crippen LogP contribution in [0.15, 0.2) is 24.3 Å². The number of nitrogens with zero attached hydrogens (tertiary/aromatic N) is 1. The highest BCUT2D eigenvalue weighted by Gasteiger charge is 2.44. The molecule has 6 heteroatoms. The van der Waals surface area contributed by atoms with E-state index in [1.807, 2.05) is 24.3 Å². The molecule has 1 aliphatic rings. The number of amides is 3. The standard InChI is InChI=1S/C16H22ClN3O2/c1-20(2)14(21)7-10-18-15(22)19-11-16(8-9-16)12-3-5-13(17)6-4-12/h3-6H,7-11H2,1-2H3,(H2,18,19,22). The molecule has 1 fully saturated rings. The molecule has 0 atom stereocenters. The molecule has 0 radical (unpaired) electrons. The number of urea groups is 1. The molecule has 1 aromatic rings. The molecule has 0 aliphatic heterocycles. The molecule has 0 spiro atoms. The first-order chi connectivity index (χ1) is 10.4. The molecule has 0 unspecified atom stereocenters. The van der Waals surface area contributed by atoms with Gasteiger partial charge in [0.2, 0.25) is 5.91 Å². The molecular formula is C16H22ClN3O2. The lowest BCUT2D eigenvalue weighted by molar-refractivity contribution is -0.128. The summed E-state index contributed by atoms with van der Waals surface area (Å²) in [5.74, 6) is 0.000118. The molecule has 1 aromatic carbocycles. The zero-order valence-corrected chi connectivity index (χ0v) is 13.7. The molecule has 22 heavy (non-hydrogen) atoms. The van der Waals surface area contributed by atoms with E-state index in [0.717, 1.165) is 17.9 Å². The SMILES string of the molecule is CN(C)C(=O)CCNC(=O)NCC1(c2ccc(Cl)cc2)CC1. The van der Waals surface area contributed by atoms with Crippen molar-refractivity contribution in [2.75, 3.05) is 27.2 Å². The molecule has 1 aliphatic carbocycles. The third kappa shape index (κ3) is 4.37. The third-order valence-electron chi connectivity index (χ3n) is 4.02. The number of rotatable bonds is 6. The Morgan fingerprint density at radius 1 is 1.18 bits per heavy atom. The van der Waals surface area contributed by atoms with Gasteiger partial charge in [-0.05, 0) is 30.5 Å². The van der Waals surface area contributed by atoms with Crippen molar-refractivity contribution in [3.05, 3.63) is 34.9 Å². The first-order valence-corrected chi connectivity index (χ1v) is 7.79. The van der Waals surface area contributed by atoms with Gasteiger partial charge in [-0.1, -0.05) is 23.7 Å². The summed E-state index contributed by atoms with van der Waals surface area (Å²) in [6.45, 7) is 0.943. The number of nitrogens with one attached hydrogen (secondary N) is 2. The van der Waals surface area contributed by atoms with Crippen molar-refractivity contribution in [2.45, 2.75) is 24.7 Å². The number of carbonyl (C=O) groups is 2. The van der Waals surface area contributed by atoms with Crippen LogP contribution in [0, 0.1) is 0 Å². The fourth-order valence-electron chi connectivity index (χ4n) is 2.34. The Morgan fingerprint density at radius 3 is 2.36 bits per heavy atom. The summed E-state index contributed by atoms with van der Waals surface area (Å²) in [5.41, 5.74) is 1.25. The summed E-state index contributed by atoms with van der Waals surface area (Å²) in [7, 11) is 3.40. The molecule has 0 heterocycles. The molecule has 2 N–H and O–H groups in total. The first kappa shape index (κ1) is 16.6. The maximum atomic E-state index is 11.8. The van der Waals surface area contributed by atoms with E-state index in [1.165, 1.54) is 10.5 Å². The Kier molecular flexibility index (Phi) is 5.29. The van der Waals surface area contributed by atoms with Crippen LogP contribution in [-0.4, -0.2) is 44.0 Å². The topological polar surface area (TPSA) is 61.4 Å². The number of benzene rings is 1. The normalized spacial score (nSPS) is 15.0. The van der Waals surface area contributed by atoms with Gasteiger partial charge in [-0.25, -0.2) is 4.79 Å². The summed E-state index contributed by atoms with van der Waals surface area (Å²) in [6, 6.07) is 7.56. The maximum Gasteiger partial charge on any atom is 0.314 e. The second-order valence-corrected chi connectivity index (χ2v) is 6.37. The van der Waals surface area contributed by atoms with Crippen molar-refractivity contribution in [3.63, 3.8) is 0 Å². The number of carbonyl (C=O) groups excluding carboxylic acids is 2. The summed E-state index contributed by atoms with van der Waals surface area (Å²) in [6.07, 6.45) is 2.44. The predicted molar refractivity (Wildman–Crippen MR) is 87.1 cm³/mol. The molecule has 2 rings (SSSR count). The Morgan fingerprint density at radius 2 is 1.82 bits per heavy atom. The van der Waals surface area contributed by atoms with Crippen molar-refractivity contribution < 1.29 is 9.59 Å². The van der Waals surface area contributed by atoms with Crippen molar-refractivity contribution in [2.24, 2.45) is 0 Å². The maximum absolute atomic E-state index is 11.8. The van der Waals surface area contributed by atoms with Crippen LogP contribution in [0.2, 0.25) is 5.02 Å². The Bertz CT molecular complexity index is 539. The van der Waals surface area contributed by atoms with Crippen LogP contribution in [0.25, 0.3) is 0 Å². The molecule has 0 saturated heterocycles. The Hall–Kier alpha value is -1.75. The Balaban J connectivity index is 1.74. The smallest absolute Gasteiger partial charge is 0.314 e. The molecule has 5 nitrogen and oxygen atoms in total. The second-order valence-electron chi connectivity index (χ2n) is 5.93. The Labute approximate surface area is 136 Å². The predicted octanol–water partition coefficient (Wildman–Crippen LogP) is 2.15. The van der Waals surface area contributed by atoms with E-state index in [2.05, 4.69) is 10.6 Å². The molecule has 0 bridgehead atoms. The minimum atomic E-state index is -0.230. The largest absolute Gasteiger partial charge is 0.349 e. The lowest BCUT2D eigenvalue weighted by atomic mass is 9.96. The van der Waals surface area contributed by atoms with Crippen molar-refractivity contribution in [3.8, 4) is 0 Å². The van der Waals surface area contributed by atoms with Crippen LogP contribution in [0.4, 0.5) is 4.79 Å². The minimum Gasteiger partial charge on any atom is -0.349 e. The average Bonchev–Trinajstić information content (AvgIpc) is 3.27. The van der Waals surface area contributed by atoms with Gasteiger partial charge in [0.05, 0.1) is 0 Å². The van der Waals surface area contributed by atoms with Gasteiger partial charge >= 0.3 is 6.03 Å². The quantitative estimate of drug-likeness (QED) is 0.842. The zero-order valence-electron chi connectivity index (χ0n) is 13.0. The summed E-state index contributed by atoms with van der Waals surface area (Å²) in [5, 5.41) is 6.32. The van der Waals surface area contributed by atoms with Gasteiger partial charge in [0.25, 0.3) is 0 Å². The highest BCUT2D eigenvalue weighted by molar-refractivity contribution is 6.30. The molecule has 120 valence electrons. The molecule has 3 amide bonds. The van der Waals surface area contributed by atoms with Crippen LogP contribution in [0.3, 0.4) is 0 Å². The van der Waals surface area contributed by atoms with Crippen molar-refractivity contribution in [1.29, 1.82) is 0 Å². The summed E-state index contributed by atoms with van der Waals surface area (Å²) < 4.78 is 0. The first-order valence-electron chi connectivity index (χ1n) is 7.41.